The van der Waals surface area contributed by atoms with Gasteiger partial charge in [-0.05, 0) is 20.3 Å². The highest BCUT2D eigenvalue weighted by atomic mass is 15.4. The molecule has 5 nitrogen and oxygen atoms in total. The average molecular weight is 235 g/mol. The predicted molar refractivity (Wildman–Crippen MR) is 69.8 cm³/mol. The molecule has 0 saturated heterocycles. The highest BCUT2D eigenvalue weighted by Gasteiger charge is 2.18. The molecule has 0 aliphatic carbocycles. The van der Waals surface area contributed by atoms with Gasteiger partial charge in [0.05, 0.1) is 0 Å². The number of hydrogen-bond donors (Lipinski definition) is 1. The lowest BCUT2D eigenvalue weighted by Crippen LogP contribution is -2.23. The summed E-state index contributed by atoms with van der Waals surface area (Å²) in [6, 6.07) is 2.16. The maximum absolute atomic E-state index is 9.17. The van der Waals surface area contributed by atoms with Crippen LogP contribution in [0.3, 0.4) is 0 Å². The van der Waals surface area contributed by atoms with Crippen LogP contribution in [-0.2, 0) is 6.54 Å². The van der Waals surface area contributed by atoms with Gasteiger partial charge in [0.25, 0.3) is 0 Å². The second kappa shape index (κ2) is 6.14. The first-order valence-corrected chi connectivity index (χ1v) is 6.20. The summed E-state index contributed by atoms with van der Waals surface area (Å²) >= 11 is 0. The second-order valence-corrected chi connectivity index (χ2v) is 3.94. The van der Waals surface area contributed by atoms with Crippen LogP contribution in [0.25, 0.3) is 0 Å². The summed E-state index contributed by atoms with van der Waals surface area (Å²) < 4.78 is 1.75. The fourth-order valence-electron chi connectivity index (χ4n) is 1.79. The summed E-state index contributed by atoms with van der Waals surface area (Å²) in [7, 11) is 0. The van der Waals surface area contributed by atoms with Gasteiger partial charge in [0.1, 0.15) is 17.5 Å². The van der Waals surface area contributed by atoms with Crippen molar-refractivity contribution in [2.24, 2.45) is 0 Å². The van der Waals surface area contributed by atoms with E-state index in [9.17, 15) is 0 Å². The number of nitrogen functional groups attached to an aromatic ring is 1. The van der Waals surface area contributed by atoms with Crippen molar-refractivity contribution >= 4 is 11.6 Å². The zero-order valence-electron chi connectivity index (χ0n) is 10.9. The van der Waals surface area contributed by atoms with E-state index in [-0.39, 0.29) is 0 Å². The highest BCUT2D eigenvalue weighted by Crippen LogP contribution is 2.24. The normalized spacial score (nSPS) is 10.2. The molecule has 1 rings (SSSR count). The SMILES string of the molecule is CCCCn1nc(N(CC)CC)c(C#N)c1N. The van der Waals surface area contributed by atoms with Gasteiger partial charge in [0, 0.05) is 19.6 Å². The predicted octanol–water partition coefficient (Wildman–Crippen LogP) is 1.98. The van der Waals surface area contributed by atoms with Crippen LogP contribution in [0.4, 0.5) is 11.6 Å². The summed E-state index contributed by atoms with van der Waals surface area (Å²) in [5.41, 5.74) is 6.46. The molecule has 2 N–H and O–H groups in total. The van der Waals surface area contributed by atoms with Crippen molar-refractivity contribution in [3.8, 4) is 6.07 Å². The molecule has 94 valence electrons. The molecule has 1 aromatic rings. The molecule has 0 aromatic carbocycles. The lowest BCUT2D eigenvalue weighted by Gasteiger charge is -2.17. The van der Waals surface area contributed by atoms with Crippen molar-refractivity contribution in [3.63, 3.8) is 0 Å². The van der Waals surface area contributed by atoms with Crippen LogP contribution < -0.4 is 10.6 Å². The molecule has 1 aromatic heterocycles. The van der Waals surface area contributed by atoms with Crippen LogP contribution in [-0.4, -0.2) is 22.9 Å². The van der Waals surface area contributed by atoms with Crippen molar-refractivity contribution in [1.82, 2.24) is 9.78 Å². The third-order valence-electron chi connectivity index (χ3n) is 2.87. The Morgan fingerprint density at radius 1 is 1.35 bits per heavy atom. The largest absolute Gasteiger partial charge is 0.383 e. The van der Waals surface area contributed by atoms with Gasteiger partial charge >= 0.3 is 0 Å². The van der Waals surface area contributed by atoms with Crippen molar-refractivity contribution in [2.75, 3.05) is 23.7 Å². The minimum atomic E-state index is 0.489. The number of rotatable bonds is 6. The highest BCUT2D eigenvalue weighted by molar-refractivity contribution is 5.64. The van der Waals surface area contributed by atoms with Gasteiger partial charge in [-0.2, -0.15) is 10.4 Å². The fraction of sp³-hybridized carbons (Fsp3) is 0.667. The lowest BCUT2D eigenvalue weighted by atomic mass is 10.3. The Morgan fingerprint density at radius 2 is 2.00 bits per heavy atom. The molecular weight excluding hydrogens is 214 g/mol. The molecule has 5 heteroatoms. The van der Waals surface area contributed by atoms with E-state index in [0.29, 0.717) is 17.2 Å². The molecule has 0 aliphatic heterocycles. The monoisotopic (exact) mass is 235 g/mol. The molecule has 0 bridgehead atoms. The van der Waals surface area contributed by atoms with Gasteiger partial charge in [-0.15, -0.1) is 0 Å². The van der Waals surface area contributed by atoms with Gasteiger partial charge < -0.3 is 10.6 Å². The van der Waals surface area contributed by atoms with Crippen LogP contribution in [0, 0.1) is 11.3 Å². The lowest BCUT2D eigenvalue weighted by molar-refractivity contribution is 0.577. The Bertz CT molecular complexity index is 398. The van der Waals surface area contributed by atoms with Crippen LogP contribution in [0.2, 0.25) is 0 Å². The topological polar surface area (TPSA) is 70.9 Å². The number of nitriles is 1. The standard InChI is InChI=1S/C12H21N5/c1-4-7-8-17-11(14)10(9-13)12(15-17)16(5-2)6-3/h4-8,14H2,1-3H3. The van der Waals surface area contributed by atoms with E-state index in [2.05, 4.69) is 23.0 Å². The summed E-state index contributed by atoms with van der Waals surface area (Å²) in [6.45, 7) is 8.65. The minimum absolute atomic E-state index is 0.489. The van der Waals surface area contributed by atoms with Crippen LogP contribution in [0.5, 0.6) is 0 Å². The van der Waals surface area contributed by atoms with Crippen molar-refractivity contribution in [3.05, 3.63) is 5.56 Å². The Labute approximate surface area is 103 Å². The minimum Gasteiger partial charge on any atom is -0.383 e. The number of nitrogens with zero attached hydrogens (tertiary/aromatic N) is 4. The van der Waals surface area contributed by atoms with E-state index in [4.69, 9.17) is 11.0 Å². The summed E-state index contributed by atoms with van der Waals surface area (Å²) in [6.07, 6.45) is 2.11. The average Bonchev–Trinajstić information content (AvgIpc) is 2.65. The van der Waals surface area contributed by atoms with Crippen LogP contribution >= 0.6 is 0 Å². The quantitative estimate of drug-likeness (QED) is 0.818. The molecule has 0 fully saturated rings. The number of hydrogen-bond acceptors (Lipinski definition) is 4. The molecule has 0 unspecified atom stereocenters. The second-order valence-electron chi connectivity index (χ2n) is 3.94. The summed E-state index contributed by atoms with van der Waals surface area (Å²) in [4.78, 5) is 2.05. The van der Waals surface area contributed by atoms with E-state index in [1.165, 1.54) is 0 Å². The number of unbranched alkanes of at least 4 members (excludes halogenated alkanes) is 1. The summed E-state index contributed by atoms with van der Waals surface area (Å²) in [5.74, 6) is 1.20. The first-order chi connectivity index (χ1) is 8.19. The van der Waals surface area contributed by atoms with Gasteiger partial charge in [0.15, 0.2) is 5.82 Å². The number of anilines is 2. The zero-order chi connectivity index (χ0) is 12.8. The molecule has 0 saturated carbocycles. The number of nitrogens with two attached hydrogens (primary N) is 1. The fourth-order valence-corrected chi connectivity index (χ4v) is 1.79. The van der Waals surface area contributed by atoms with E-state index in [0.717, 1.165) is 32.5 Å². The van der Waals surface area contributed by atoms with Crippen LogP contribution in [0.1, 0.15) is 39.2 Å². The smallest absolute Gasteiger partial charge is 0.170 e. The third kappa shape index (κ3) is 2.70. The first-order valence-electron chi connectivity index (χ1n) is 6.20. The third-order valence-corrected chi connectivity index (χ3v) is 2.87. The van der Waals surface area contributed by atoms with E-state index in [1.807, 2.05) is 13.8 Å². The van der Waals surface area contributed by atoms with Gasteiger partial charge in [-0.1, -0.05) is 13.3 Å². The Kier molecular flexibility index (Phi) is 4.83. The summed E-state index contributed by atoms with van der Waals surface area (Å²) in [5, 5.41) is 13.6. The van der Waals surface area contributed by atoms with Gasteiger partial charge in [-0.25, -0.2) is 4.68 Å². The molecule has 0 atom stereocenters. The molecule has 0 spiro atoms. The first kappa shape index (κ1) is 13.4. The number of aromatic nitrogens is 2. The van der Waals surface area contributed by atoms with Gasteiger partial charge in [-0.3, -0.25) is 0 Å². The number of aryl methyl sites for hydroxylation is 1. The molecular formula is C12H21N5. The van der Waals surface area contributed by atoms with E-state index in [1.54, 1.807) is 4.68 Å². The Hall–Kier alpha value is -1.70. The van der Waals surface area contributed by atoms with Crippen molar-refractivity contribution in [1.29, 1.82) is 5.26 Å². The Morgan fingerprint density at radius 3 is 2.47 bits per heavy atom. The van der Waals surface area contributed by atoms with E-state index >= 15 is 0 Å². The molecule has 1 heterocycles. The Balaban J connectivity index is 3.09. The maximum atomic E-state index is 9.17. The molecule has 17 heavy (non-hydrogen) atoms. The molecule has 0 amide bonds. The van der Waals surface area contributed by atoms with E-state index < -0.39 is 0 Å². The molecule has 0 aliphatic rings. The van der Waals surface area contributed by atoms with Crippen molar-refractivity contribution < 1.29 is 0 Å². The molecule has 0 radical (unpaired) electrons. The van der Waals surface area contributed by atoms with Gasteiger partial charge in [0.2, 0.25) is 0 Å². The van der Waals surface area contributed by atoms with Crippen LogP contribution in [0.15, 0.2) is 0 Å². The maximum Gasteiger partial charge on any atom is 0.170 e. The van der Waals surface area contributed by atoms with Crippen molar-refractivity contribution in [2.45, 2.75) is 40.2 Å². The zero-order valence-corrected chi connectivity index (χ0v) is 10.9.